The van der Waals surface area contributed by atoms with Crippen LogP contribution in [0.15, 0.2) is 54.6 Å². The number of amides is 2. The standard InChI is InChI=1S/C21H24N4O2/c1-4-24(17-10-6-5-7-11-17)21(27)15-25-19-13-9-8-12-18(19)22-20(25)14-23(3)16(2)26/h5-13H,4,14-15H2,1-3H3. The first-order chi connectivity index (χ1) is 13.0. The third-order valence-corrected chi connectivity index (χ3v) is 4.63. The quantitative estimate of drug-likeness (QED) is 0.675. The van der Waals surface area contributed by atoms with Crippen LogP contribution in [0.25, 0.3) is 11.0 Å². The number of nitrogens with zero attached hydrogens (tertiary/aromatic N) is 4. The molecule has 0 atom stereocenters. The molecular formula is C21H24N4O2. The molecule has 27 heavy (non-hydrogen) atoms. The lowest BCUT2D eigenvalue weighted by Gasteiger charge is -2.22. The lowest BCUT2D eigenvalue weighted by atomic mass is 10.2. The molecule has 3 rings (SSSR count). The summed E-state index contributed by atoms with van der Waals surface area (Å²) in [5.74, 6) is 0.643. The molecule has 1 heterocycles. The topological polar surface area (TPSA) is 58.4 Å². The van der Waals surface area contributed by atoms with E-state index in [4.69, 9.17) is 0 Å². The minimum atomic E-state index is -0.0422. The Hall–Kier alpha value is -3.15. The van der Waals surface area contributed by atoms with E-state index in [2.05, 4.69) is 4.98 Å². The molecule has 3 aromatic rings. The van der Waals surface area contributed by atoms with Crippen LogP contribution < -0.4 is 4.90 Å². The van der Waals surface area contributed by atoms with Crippen LogP contribution in [0.2, 0.25) is 0 Å². The first-order valence-electron chi connectivity index (χ1n) is 9.02. The molecule has 0 unspecified atom stereocenters. The molecule has 0 radical (unpaired) electrons. The highest BCUT2D eigenvalue weighted by molar-refractivity contribution is 5.94. The maximum Gasteiger partial charge on any atom is 0.246 e. The minimum Gasteiger partial charge on any atom is -0.339 e. The van der Waals surface area contributed by atoms with Gasteiger partial charge in [0.1, 0.15) is 12.4 Å². The van der Waals surface area contributed by atoms with Gasteiger partial charge in [0.25, 0.3) is 0 Å². The van der Waals surface area contributed by atoms with Crippen molar-refractivity contribution in [3.05, 3.63) is 60.4 Å². The van der Waals surface area contributed by atoms with Gasteiger partial charge in [0.2, 0.25) is 11.8 Å². The van der Waals surface area contributed by atoms with Gasteiger partial charge in [0.05, 0.1) is 17.6 Å². The summed E-state index contributed by atoms with van der Waals surface area (Å²) in [5, 5.41) is 0. The molecule has 0 fully saturated rings. The average molecular weight is 364 g/mol. The Morgan fingerprint density at radius 3 is 2.37 bits per heavy atom. The van der Waals surface area contributed by atoms with Gasteiger partial charge in [0.15, 0.2) is 0 Å². The molecule has 0 saturated heterocycles. The SMILES string of the molecule is CCN(C(=O)Cn1c(CN(C)C(C)=O)nc2ccccc21)c1ccccc1. The van der Waals surface area contributed by atoms with Crippen molar-refractivity contribution in [3.63, 3.8) is 0 Å². The van der Waals surface area contributed by atoms with Crippen molar-refractivity contribution in [1.29, 1.82) is 0 Å². The van der Waals surface area contributed by atoms with Crippen LogP contribution in [0.1, 0.15) is 19.7 Å². The van der Waals surface area contributed by atoms with E-state index < -0.39 is 0 Å². The van der Waals surface area contributed by atoms with E-state index in [1.54, 1.807) is 16.8 Å². The number of fused-ring (bicyclic) bond motifs is 1. The van der Waals surface area contributed by atoms with Gasteiger partial charge in [0, 0.05) is 26.2 Å². The number of benzene rings is 2. The van der Waals surface area contributed by atoms with Crippen LogP contribution in [0, 0.1) is 0 Å². The van der Waals surface area contributed by atoms with E-state index in [-0.39, 0.29) is 18.4 Å². The summed E-state index contributed by atoms with van der Waals surface area (Å²) in [5.41, 5.74) is 2.58. The van der Waals surface area contributed by atoms with Gasteiger partial charge in [-0.1, -0.05) is 30.3 Å². The molecule has 0 spiro atoms. The molecule has 0 N–H and O–H groups in total. The molecule has 6 nitrogen and oxygen atoms in total. The summed E-state index contributed by atoms with van der Waals surface area (Å²) in [6.45, 7) is 4.59. The number of imidazole rings is 1. The van der Waals surface area contributed by atoms with Crippen LogP contribution in [0.3, 0.4) is 0 Å². The van der Waals surface area contributed by atoms with Crippen LogP contribution in [-0.2, 0) is 22.7 Å². The third kappa shape index (κ3) is 4.00. The van der Waals surface area contributed by atoms with E-state index in [1.165, 1.54) is 6.92 Å². The number of para-hydroxylation sites is 3. The zero-order chi connectivity index (χ0) is 19.4. The Morgan fingerprint density at radius 2 is 1.70 bits per heavy atom. The zero-order valence-electron chi connectivity index (χ0n) is 15.9. The summed E-state index contributed by atoms with van der Waals surface area (Å²) in [6, 6.07) is 17.3. The highest BCUT2D eigenvalue weighted by Crippen LogP contribution is 2.19. The summed E-state index contributed by atoms with van der Waals surface area (Å²) in [4.78, 5) is 32.7. The first kappa shape index (κ1) is 18.6. The lowest BCUT2D eigenvalue weighted by Crippen LogP contribution is -2.34. The van der Waals surface area contributed by atoms with Gasteiger partial charge < -0.3 is 14.4 Å². The Balaban J connectivity index is 1.95. The molecule has 2 aromatic carbocycles. The number of hydrogen-bond acceptors (Lipinski definition) is 3. The fraction of sp³-hybridized carbons (Fsp3) is 0.286. The Kier molecular flexibility index (Phi) is 5.54. The Morgan fingerprint density at radius 1 is 1.04 bits per heavy atom. The van der Waals surface area contributed by atoms with Gasteiger partial charge in [-0.05, 0) is 31.2 Å². The van der Waals surface area contributed by atoms with Crippen molar-refractivity contribution in [2.45, 2.75) is 26.9 Å². The molecule has 0 bridgehead atoms. The first-order valence-corrected chi connectivity index (χ1v) is 9.02. The molecule has 0 aliphatic heterocycles. The lowest BCUT2D eigenvalue weighted by molar-refractivity contribution is -0.128. The number of carbonyl (C=O) groups excluding carboxylic acids is 2. The van der Waals surface area contributed by atoms with Gasteiger partial charge in [-0.25, -0.2) is 4.98 Å². The van der Waals surface area contributed by atoms with E-state index in [1.807, 2.05) is 66.1 Å². The Labute approximate surface area is 159 Å². The fourth-order valence-electron chi connectivity index (χ4n) is 3.08. The molecule has 140 valence electrons. The van der Waals surface area contributed by atoms with Crippen LogP contribution in [0.4, 0.5) is 5.69 Å². The van der Waals surface area contributed by atoms with E-state index in [0.717, 1.165) is 16.7 Å². The number of carbonyl (C=O) groups is 2. The van der Waals surface area contributed by atoms with Crippen molar-refractivity contribution in [1.82, 2.24) is 14.5 Å². The summed E-state index contributed by atoms with van der Waals surface area (Å²) >= 11 is 0. The fourth-order valence-corrected chi connectivity index (χ4v) is 3.08. The molecule has 0 saturated carbocycles. The van der Waals surface area contributed by atoms with Gasteiger partial charge in [-0.15, -0.1) is 0 Å². The van der Waals surface area contributed by atoms with Gasteiger partial charge >= 0.3 is 0 Å². The zero-order valence-corrected chi connectivity index (χ0v) is 15.9. The van der Waals surface area contributed by atoms with E-state index >= 15 is 0 Å². The second kappa shape index (κ2) is 8.03. The van der Waals surface area contributed by atoms with Crippen molar-refractivity contribution in [2.75, 3.05) is 18.5 Å². The molecule has 6 heteroatoms. The molecule has 2 amide bonds. The smallest absolute Gasteiger partial charge is 0.246 e. The molecular weight excluding hydrogens is 340 g/mol. The number of rotatable bonds is 6. The Bertz CT molecular complexity index is 949. The normalized spacial score (nSPS) is 10.8. The largest absolute Gasteiger partial charge is 0.339 e. The van der Waals surface area contributed by atoms with Crippen LogP contribution in [-0.4, -0.2) is 39.9 Å². The van der Waals surface area contributed by atoms with Gasteiger partial charge in [-0.2, -0.15) is 0 Å². The second-order valence-electron chi connectivity index (χ2n) is 6.45. The minimum absolute atomic E-state index is 0.0152. The molecule has 0 aliphatic rings. The summed E-state index contributed by atoms with van der Waals surface area (Å²) < 4.78 is 1.91. The highest BCUT2D eigenvalue weighted by Gasteiger charge is 2.19. The van der Waals surface area contributed by atoms with Gasteiger partial charge in [-0.3, -0.25) is 9.59 Å². The molecule has 0 aliphatic carbocycles. The maximum atomic E-state index is 13.1. The maximum absolute atomic E-state index is 13.1. The highest BCUT2D eigenvalue weighted by atomic mass is 16.2. The van der Waals surface area contributed by atoms with Crippen molar-refractivity contribution in [2.24, 2.45) is 0 Å². The van der Waals surface area contributed by atoms with Crippen molar-refractivity contribution in [3.8, 4) is 0 Å². The van der Waals surface area contributed by atoms with E-state index in [9.17, 15) is 9.59 Å². The number of anilines is 1. The number of hydrogen-bond donors (Lipinski definition) is 0. The van der Waals surface area contributed by atoms with Crippen molar-refractivity contribution < 1.29 is 9.59 Å². The van der Waals surface area contributed by atoms with E-state index in [0.29, 0.717) is 18.9 Å². The summed E-state index contributed by atoms with van der Waals surface area (Å²) in [7, 11) is 1.73. The third-order valence-electron chi connectivity index (χ3n) is 4.63. The summed E-state index contributed by atoms with van der Waals surface area (Å²) in [6.07, 6.45) is 0. The van der Waals surface area contributed by atoms with Crippen LogP contribution >= 0.6 is 0 Å². The predicted molar refractivity (Wildman–Crippen MR) is 106 cm³/mol. The molecule has 1 aromatic heterocycles. The monoisotopic (exact) mass is 364 g/mol. The second-order valence-corrected chi connectivity index (χ2v) is 6.45. The van der Waals surface area contributed by atoms with Crippen LogP contribution in [0.5, 0.6) is 0 Å². The number of likely N-dealkylation sites (N-methyl/N-ethyl adjacent to an activating group) is 1. The predicted octanol–water partition coefficient (Wildman–Crippen LogP) is 3.07. The number of aromatic nitrogens is 2. The van der Waals surface area contributed by atoms with Crippen molar-refractivity contribution >= 4 is 28.5 Å². The average Bonchev–Trinajstić information content (AvgIpc) is 3.00.